The predicted octanol–water partition coefficient (Wildman–Crippen LogP) is 2.64. The molecule has 1 aliphatic rings. The Morgan fingerprint density at radius 3 is 2.72 bits per heavy atom. The van der Waals surface area contributed by atoms with Crippen LogP contribution in [-0.2, 0) is 9.53 Å². The first-order valence-corrected chi connectivity index (χ1v) is 8.82. The highest BCUT2D eigenvalue weighted by Gasteiger charge is 2.29. The fraction of sp³-hybridized carbons (Fsp3) is 0.556. The molecule has 0 aliphatic carbocycles. The monoisotopic (exact) mass is 364 g/mol. The number of carbonyl (C=O) groups excluding carboxylic acids is 1. The highest BCUT2D eigenvalue weighted by atomic mass is 35.5. The quantitative estimate of drug-likeness (QED) is 0.811. The average molecular weight is 365 g/mol. The lowest BCUT2D eigenvalue weighted by molar-refractivity contribution is -0.121. The minimum Gasteiger partial charge on any atom is -0.378 e. The molecule has 0 aromatic heterocycles. The Morgan fingerprint density at radius 1 is 1.44 bits per heavy atom. The first kappa shape index (κ1) is 19.4. The largest absolute Gasteiger partial charge is 0.378 e. The summed E-state index contributed by atoms with van der Waals surface area (Å²) in [6.07, 6.45) is 0. The van der Waals surface area contributed by atoms with Gasteiger partial charge in [-0.05, 0) is 31.0 Å². The molecule has 0 spiro atoms. The summed E-state index contributed by atoms with van der Waals surface area (Å²) in [7, 11) is 0. The van der Waals surface area contributed by atoms with Crippen LogP contribution in [0.15, 0.2) is 18.2 Å². The molecule has 1 aromatic carbocycles. The van der Waals surface area contributed by atoms with Gasteiger partial charge in [0.05, 0.1) is 37.2 Å². The molecule has 1 aromatic rings. The van der Waals surface area contributed by atoms with Gasteiger partial charge in [-0.25, -0.2) is 0 Å². The molecular formula is C18H25ClN4O2. The number of hydrogen-bond donors (Lipinski definition) is 2. The van der Waals surface area contributed by atoms with Crippen molar-refractivity contribution in [3.8, 4) is 6.07 Å². The van der Waals surface area contributed by atoms with Crippen molar-refractivity contribution in [2.75, 3.05) is 43.1 Å². The molecule has 6 nitrogen and oxygen atoms in total. The summed E-state index contributed by atoms with van der Waals surface area (Å²) in [4.78, 5) is 14.5. The molecule has 2 rings (SSSR count). The van der Waals surface area contributed by atoms with E-state index in [2.05, 4.69) is 21.6 Å². The van der Waals surface area contributed by atoms with Gasteiger partial charge in [-0.15, -0.1) is 0 Å². The summed E-state index contributed by atoms with van der Waals surface area (Å²) in [6, 6.07) is 7.77. The van der Waals surface area contributed by atoms with E-state index >= 15 is 0 Å². The second-order valence-electron chi connectivity index (χ2n) is 6.63. The first-order chi connectivity index (χ1) is 11.9. The van der Waals surface area contributed by atoms with Crippen LogP contribution < -0.4 is 15.5 Å². The zero-order valence-electron chi connectivity index (χ0n) is 14.9. The van der Waals surface area contributed by atoms with Crippen LogP contribution in [0.5, 0.6) is 0 Å². The fourth-order valence-electron chi connectivity index (χ4n) is 2.54. The lowest BCUT2D eigenvalue weighted by Crippen LogP contribution is -2.50. The summed E-state index contributed by atoms with van der Waals surface area (Å²) in [5.74, 6) is -0.220. The van der Waals surface area contributed by atoms with Gasteiger partial charge in [0, 0.05) is 18.1 Å². The second-order valence-corrected chi connectivity index (χ2v) is 7.07. The Hall–Kier alpha value is -1.97. The number of hydrogen-bond acceptors (Lipinski definition) is 5. The van der Waals surface area contributed by atoms with Crippen LogP contribution in [0.1, 0.15) is 20.8 Å². The van der Waals surface area contributed by atoms with E-state index in [1.807, 2.05) is 32.0 Å². The van der Waals surface area contributed by atoms with Crippen molar-refractivity contribution in [2.24, 2.45) is 5.92 Å². The highest BCUT2D eigenvalue weighted by molar-refractivity contribution is 6.31. The third-order valence-corrected chi connectivity index (χ3v) is 4.77. The number of morpholine rings is 1. The fourth-order valence-corrected chi connectivity index (χ4v) is 2.71. The first-order valence-electron chi connectivity index (χ1n) is 8.44. The number of ether oxygens (including phenoxy) is 1. The summed E-state index contributed by atoms with van der Waals surface area (Å²) in [5.41, 5.74) is 0.903. The molecule has 1 amide bonds. The summed E-state index contributed by atoms with van der Waals surface area (Å²) < 4.78 is 5.39. The average Bonchev–Trinajstić information content (AvgIpc) is 2.60. The van der Waals surface area contributed by atoms with Crippen molar-refractivity contribution in [1.82, 2.24) is 5.32 Å². The van der Waals surface area contributed by atoms with Crippen molar-refractivity contribution in [2.45, 2.75) is 26.3 Å². The zero-order valence-corrected chi connectivity index (χ0v) is 15.7. The third kappa shape index (κ3) is 5.00. The summed E-state index contributed by atoms with van der Waals surface area (Å²) in [6.45, 7) is 8.56. The highest BCUT2D eigenvalue weighted by Crippen LogP contribution is 2.29. The molecule has 136 valence electrons. The molecule has 0 bridgehead atoms. The number of amides is 1. The normalized spacial score (nSPS) is 16.9. The number of nitrogens with zero attached hydrogens (tertiary/aromatic N) is 2. The predicted molar refractivity (Wildman–Crippen MR) is 100.0 cm³/mol. The summed E-state index contributed by atoms with van der Waals surface area (Å²) in [5, 5.41) is 15.9. The molecule has 1 aliphatic heterocycles. The van der Waals surface area contributed by atoms with Gasteiger partial charge in [0.15, 0.2) is 0 Å². The van der Waals surface area contributed by atoms with E-state index in [4.69, 9.17) is 16.3 Å². The Morgan fingerprint density at radius 2 is 2.12 bits per heavy atom. The SMILES string of the molecule is CC(C)C(C)(C#N)NC(=O)CNc1cc(Cl)ccc1N1CCOCC1. The van der Waals surface area contributed by atoms with Crippen molar-refractivity contribution in [1.29, 1.82) is 5.26 Å². The molecular weight excluding hydrogens is 340 g/mol. The molecule has 0 radical (unpaired) electrons. The van der Waals surface area contributed by atoms with Gasteiger partial charge in [-0.1, -0.05) is 25.4 Å². The van der Waals surface area contributed by atoms with Crippen LogP contribution >= 0.6 is 11.6 Å². The minimum atomic E-state index is -0.889. The number of rotatable bonds is 6. The maximum Gasteiger partial charge on any atom is 0.240 e. The third-order valence-electron chi connectivity index (χ3n) is 4.54. The van der Waals surface area contributed by atoms with Crippen LogP contribution in [0.2, 0.25) is 5.02 Å². The van der Waals surface area contributed by atoms with Crippen LogP contribution in [0.4, 0.5) is 11.4 Å². The molecule has 1 atom stereocenters. The topological polar surface area (TPSA) is 77.4 Å². The second kappa shape index (κ2) is 8.41. The van der Waals surface area contributed by atoms with E-state index in [-0.39, 0.29) is 18.4 Å². The Labute approximate surface area is 154 Å². The van der Waals surface area contributed by atoms with Crippen molar-refractivity contribution in [3.63, 3.8) is 0 Å². The molecule has 1 unspecified atom stereocenters. The maximum absolute atomic E-state index is 12.3. The van der Waals surface area contributed by atoms with Gasteiger partial charge >= 0.3 is 0 Å². The van der Waals surface area contributed by atoms with Crippen molar-refractivity contribution >= 4 is 28.9 Å². The van der Waals surface area contributed by atoms with Crippen LogP contribution in [0.25, 0.3) is 0 Å². The van der Waals surface area contributed by atoms with E-state index < -0.39 is 5.54 Å². The number of carbonyl (C=O) groups is 1. The standard InChI is InChI=1S/C18H25ClN4O2/c1-13(2)18(3,12-20)22-17(24)11-21-15-10-14(19)4-5-16(15)23-6-8-25-9-7-23/h4-5,10,13,21H,6-9,11H2,1-3H3,(H,22,24). The van der Waals surface area contributed by atoms with Gasteiger partial charge in [-0.2, -0.15) is 5.26 Å². The van der Waals surface area contributed by atoms with E-state index in [0.717, 1.165) is 24.5 Å². The Balaban J connectivity index is 2.06. The van der Waals surface area contributed by atoms with Gasteiger partial charge in [0.25, 0.3) is 0 Å². The summed E-state index contributed by atoms with van der Waals surface area (Å²) >= 11 is 6.11. The molecule has 25 heavy (non-hydrogen) atoms. The lowest BCUT2D eigenvalue weighted by Gasteiger charge is -2.31. The molecule has 1 heterocycles. The van der Waals surface area contributed by atoms with Gasteiger partial charge < -0.3 is 20.3 Å². The van der Waals surface area contributed by atoms with Crippen molar-refractivity contribution in [3.05, 3.63) is 23.2 Å². The molecule has 2 N–H and O–H groups in total. The number of anilines is 2. The zero-order chi connectivity index (χ0) is 18.4. The number of nitrogens with one attached hydrogen (secondary N) is 2. The molecule has 0 saturated carbocycles. The Bertz CT molecular complexity index is 653. The lowest BCUT2D eigenvalue weighted by atomic mass is 9.90. The van der Waals surface area contributed by atoms with Crippen LogP contribution in [-0.4, -0.2) is 44.3 Å². The maximum atomic E-state index is 12.3. The minimum absolute atomic E-state index is 0.0107. The smallest absolute Gasteiger partial charge is 0.240 e. The van der Waals surface area contributed by atoms with Gasteiger partial charge in [0.1, 0.15) is 5.54 Å². The van der Waals surface area contributed by atoms with E-state index in [1.54, 1.807) is 6.92 Å². The number of benzene rings is 1. The molecule has 7 heteroatoms. The van der Waals surface area contributed by atoms with E-state index in [9.17, 15) is 10.1 Å². The Kier molecular flexibility index (Phi) is 6.51. The van der Waals surface area contributed by atoms with Gasteiger partial charge in [0.2, 0.25) is 5.91 Å². The number of halogens is 1. The van der Waals surface area contributed by atoms with E-state index in [0.29, 0.717) is 18.2 Å². The molecule has 1 fully saturated rings. The van der Waals surface area contributed by atoms with Crippen molar-refractivity contribution < 1.29 is 9.53 Å². The van der Waals surface area contributed by atoms with Crippen LogP contribution in [0.3, 0.4) is 0 Å². The van der Waals surface area contributed by atoms with E-state index in [1.165, 1.54) is 0 Å². The molecule has 1 saturated heterocycles. The van der Waals surface area contributed by atoms with Gasteiger partial charge in [-0.3, -0.25) is 4.79 Å². The number of nitriles is 1. The van der Waals surface area contributed by atoms with Crippen LogP contribution in [0, 0.1) is 17.2 Å².